The highest BCUT2D eigenvalue weighted by molar-refractivity contribution is 7.12. The Morgan fingerprint density at radius 2 is 2.50 bits per heavy atom. The molecule has 1 amide bonds. The number of rotatable bonds is 2. The Morgan fingerprint density at radius 1 is 1.75 bits per heavy atom. The van der Waals surface area contributed by atoms with Crippen molar-refractivity contribution in [2.75, 3.05) is 5.73 Å². The molecule has 0 radical (unpaired) electrons. The number of nitrogen functional groups attached to an aromatic ring is 1. The summed E-state index contributed by atoms with van der Waals surface area (Å²) in [4.78, 5) is 15.7. The van der Waals surface area contributed by atoms with E-state index < -0.39 is 0 Å². The van der Waals surface area contributed by atoms with Gasteiger partial charge in [-0.25, -0.2) is 4.98 Å². The van der Waals surface area contributed by atoms with Crippen LogP contribution >= 0.6 is 11.3 Å². The minimum Gasteiger partial charge on any atom is -0.382 e. The van der Waals surface area contributed by atoms with Crippen molar-refractivity contribution < 1.29 is 4.79 Å². The number of anilines is 1. The summed E-state index contributed by atoms with van der Waals surface area (Å²) < 4.78 is 0. The quantitative estimate of drug-likeness (QED) is 0.706. The molecule has 0 aliphatic heterocycles. The molecule has 64 valence electrons. The fourth-order valence-corrected chi connectivity index (χ4v) is 1.51. The van der Waals surface area contributed by atoms with Crippen molar-refractivity contribution in [1.82, 2.24) is 10.3 Å². The molecule has 0 bridgehead atoms. The third-order valence-corrected chi connectivity index (χ3v) is 2.55. The summed E-state index contributed by atoms with van der Waals surface area (Å²) in [6.07, 6.45) is 2.18. The van der Waals surface area contributed by atoms with Gasteiger partial charge < -0.3 is 11.1 Å². The van der Waals surface area contributed by atoms with E-state index in [9.17, 15) is 4.79 Å². The molecule has 4 nitrogen and oxygen atoms in total. The second kappa shape index (κ2) is 2.75. The molecule has 1 aromatic heterocycles. The second-order valence-corrected chi connectivity index (χ2v) is 3.67. The van der Waals surface area contributed by atoms with Crippen LogP contribution in [0.1, 0.15) is 22.5 Å². The molecular weight excluding hydrogens is 174 g/mol. The first-order valence-electron chi connectivity index (χ1n) is 3.77. The third kappa shape index (κ3) is 1.40. The number of aromatic nitrogens is 1. The first-order valence-corrected chi connectivity index (χ1v) is 4.65. The molecule has 5 heteroatoms. The molecule has 1 aliphatic rings. The molecule has 1 heterocycles. The van der Waals surface area contributed by atoms with Gasteiger partial charge in [-0.1, -0.05) is 0 Å². The Hall–Kier alpha value is -1.10. The van der Waals surface area contributed by atoms with Crippen LogP contribution in [-0.2, 0) is 0 Å². The van der Waals surface area contributed by atoms with E-state index in [1.54, 1.807) is 5.51 Å². The summed E-state index contributed by atoms with van der Waals surface area (Å²) in [5.41, 5.74) is 7.06. The van der Waals surface area contributed by atoms with Gasteiger partial charge in [-0.2, -0.15) is 0 Å². The predicted octanol–water partition coefficient (Wildman–Crippen LogP) is 0.618. The van der Waals surface area contributed by atoms with Crippen molar-refractivity contribution in [2.24, 2.45) is 0 Å². The number of carbonyl (C=O) groups is 1. The van der Waals surface area contributed by atoms with E-state index in [0.717, 1.165) is 12.8 Å². The zero-order valence-electron chi connectivity index (χ0n) is 6.41. The minimum absolute atomic E-state index is 0.0856. The second-order valence-electron chi connectivity index (χ2n) is 2.81. The van der Waals surface area contributed by atoms with Crippen LogP contribution in [-0.4, -0.2) is 16.9 Å². The number of carbonyl (C=O) groups excluding carboxylic acids is 1. The van der Waals surface area contributed by atoms with Crippen LogP contribution in [0.3, 0.4) is 0 Å². The van der Waals surface area contributed by atoms with Gasteiger partial charge in [0.05, 0.1) is 5.51 Å². The molecule has 0 aromatic carbocycles. The SMILES string of the molecule is Nc1ncsc1C(=O)NC1CC1. The van der Waals surface area contributed by atoms with Crippen molar-refractivity contribution in [3.63, 3.8) is 0 Å². The molecule has 2 rings (SSSR count). The summed E-state index contributed by atoms with van der Waals surface area (Å²) >= 11 is 1.28. The molecule has 1 aliphatic carbocycles. The lowest BCUT2D eigenvalue weighted by molar-refractivity contribution is 0.0956. The van der Waals surface area contributed by atoms with E-state index in [-0.39, 0.29) is 5.91 Å². The average molecular weight is 183 g/mol. The Bertz CT molecular complexity index is 305. The van der Waals surface area contributed by atoms with Crippen LogP contribution in [0.4, 0.5) is 5.82 Å². The molecule has 0 spiro atoms. The van der Waals surface area contributed by atoms with Crippen molar-refractivity contribution in [2.45, 2.75) is 18.9 Å². The first-order chi connectivity index (χ1) is 5.77. The largest absolute Gasteiger partial charge is 0.382 e. The van der Waals surface area contributed by atoms with E-state index in [1.165, 1.54) is 11.3 Å². The van der Waals surface area contributed by atoms with Crippen LogP contribution in [0, 0.1) is 0 Å². The molecule has 12 heavy (non-hydrogen) atoms. The lowest BCUT2D eigenvalue weighted by Crippen LogP contribution is -2.25. The van der Waals surface area contributed by atoms with Gasteiger partial charge in [0.2, 0.25) is 0 Å². The molecule has 0 saturated heterocycles. The Morgan fingerprint density at radius 3 is 3.00 bits per heavy atom. The number of hydrogen-bond acceptors (Lipinski definition) is 4. The maximum atomic E-state index is 11.4. The summed E-state index contributed by atoms with van der Waals surface area (Å²) in [6, 6.07) is 0.374. The summed E-state index contributed by atoms with van der Waals surface area (Å²) in [5.74, 6) is 0.246. The van der Waals surface area contributed by atoms with Gasteiger partial charge in [0.15, 0.2) is 0 Å². The van der Waals surface area contributed by atoms with Crippen molar-refractivity contribution in [3.05, 3.63) is 10.4 Å². The summed E-state index contributed by atoms with van der Waals surface area (Å²) in [6.45, 7) is 0. The number of nitrogens with two attached hydrogens (primary N) is 1. The fraction of sp³-hybridized carbons (Fsp3) is 0.429. The molecule has 0 atom stereocenters. The van der Waals surface area contributed by atoms with Gasteiger partial charge in [-0.05, 0) is 12.8 Å². The number of thiazole rings is 1. The molecule has 1 fully saturated rings. The average Bonchev–Trinajstić information content (AvgIpc) is 2.72. The van der Waals surface area contributed by atoms with Gasteiger partial charge in [0.25, 0.3) is 5.91 Å². The van der Waals surface area contributed by atoms with Gasteiger partial charge in [0.1, 0.15) is 10.7 Å². The van der Waals surface area contributed by atoms with E-state index in [4.69, 9.17) is 5.73 Å². The minimum atomic E-state index is -0.0856. The van der Waals surface area contributed by atoms with E-state index in [2.05, 4.69) is 10.3 Å². The van der Waals surface area contributed by atoms with Crippen LogP contribution in [0.15, 0.2) is 5.51 Å². The summed E-state index contributed by atoms with van der Waals surface area (Å²) in [7, 11) is 0. The van der Waals surface area contributed by atoms with Crippen LogP contribution in [0.5, 0.6) is 0 Å². The number of hydrogen-bond donors (Lipinski definition) is 2. The normalized spacial score (nSPS) is 16.0. The highest BCUT2D eigenvalue weighted by atomic mass is 32.1. The van der Waals surface area contributed by atoms with Crippen molar-refractivity contribution >= 4 is 23.1 Å². The fourth-order valence-electron chi connectivity index (χ4n) is 0.903. The maximum absolute atomic E-state index is 11.4. The Balaban J connectivity index is 2.07. The Labute approximate surface area is 73.8 Å². The molecule has 1 saturated carbocycles. The van der Waals surface area contributed by atoms with Crippen molar-refractivity contribution in [1.29, 1.82) is 0 Å². The van der Waals surface area contributed by atoms with Crippen LogP contribution in [0.25, 0.3) is 0 Å². The third-order valence-electron chi connectivity index (χ3n) is 1.71. The topological polar surface area (TPSA) is 68.0 Å². The van der Waals surface area contributed by atoms with Gasteiger partial charge in [-0.3, -0.25) is 4.79 Å². The molecule has 0 unspecified atom stereocenters. The van der Waals surface area contributed by atoms with Gasteiger partial charge in [-0.15, -0.1) is 11.3 Å². The smallest absolute Gasteiger partial charge is 0.265 e. The Kier molecular flexibility index (Phi) is 1.73. The van der Waals surface area contributed by atoms with Gasteiger partial charge >= 0.3 is 0 Å². The van der Waals surface area contributed by atoms with Crippen molar-refractivity contribution in [3.8, 4) is 0 Å². The summed E-state index contributed by atoms with van der Waals surface area (Å²) in [5, 5.41) is 2.85. The number of amides is 1. The van der Waals surface area contributed by atoms with E-state index >= 15 is 0 Å². The molecule has 3 N–H and O–H groups in total. The van der Waals surface area contributed by atoms with Crippen LogP contribution < -0.4 is 11.1 Å². The van der Waals surface area contributed by atoms with Gasteiger partial charge in [0, 0.05) is 6.04 Å². The standard InChI is InChI=1S/C7H9N3OS/c8-6-5(12-3-9-6)7(11)10-4-1-2-4/h3-4H,1-2,8H2,(H,10,11). The zero-order chi connectivity index (χ0) is 8.55. The van der Waals surface area contributed by atoms with E-state index in [0.29, 0.717) is 16.7 Å². The zero-order valence-corrected chi connectivity index (χ0v) is 7.23. The maximum Gasteiger partial charge on any atom is 0.265 e. The highest BCUT2D eigenvalue weighted by Gasteiger charge is 2.25. The van der Waals surface area contributed by atoms with Crippen LogP contribution in [0.2, 0.25) is 0 Å². The number of nitrogens with zero attached hydrogens (tertiary/aromatic N) is 1. The lowest BCUT2D eigenvalue weighted by atomic mass is 10.4. The monoisotopic (exact) mass is 183 g/mol. The highest BCUT2D eigenvalue weighted by Crippen LogP contribution is 2.21. The predicted molar refractivity (Wildman–Crippen MR) is 47.0 cm³/mol. The number of nitrogens with one attached hydrogen (secondary N) is 1. The lowest BCUT2D eigenvalue weighted by Gasteiger charge is -1.99. The molecule has 1 aromatic rings. The molecular formula is C7H9N3OS. The van der Waals surface area contributed by atoms with E-state index in [1.807, 2.05) is 0 Å². The first kappa shape index (κ1) is 7.54.